The summed E-state index contributed by atoms with van der Waals surface area (Å²) in [6.07, 6.45) is 1.77. The number of rotatable bonds is 13. The van der Waals surface area contributed by atoms with E-state index in [1.165, 1.54) is 36.4 Å². The van der Waals surface area contributed by atoms with E-state index in [0.29, 0.717) is 42.8 Å². The first kappa shape index (κ1) is 57.3. The summed E-state index contributed by atoms with van der Waals surface area (Å²) in [5.74, 6) is -2.22. The minimum absolute atomic E-state index is 0. The van der Waals surface area contributed by atoms with Crippen LogP contribution in [0.5, 0.6) is 0 Å². The van der Waals surface area contributed by atoms with E-state index in [0.717, 1.165) is 18.2 Å². The molecule has 1 heterocycles. The number of nitrogens with one attached hydrogen (secondary N) is 3. The Bertz CT molecular complexity index is 2650. The van der Waals surface area contributed by atoms with Crippen molar-refractivity contribution in [2.75, 3.05) is 16.0 Å². The number of carbonyl (C=O) groups excluding carboxylic acids is 1. The van der Waals surface area contributed by atoms with E-state index in [9.17, 15) is 54.1 Å². The van der Waals surface area contributed by atoms with Crippen LogP contribution in [0.4, 0.5) is 29.2 Å². The molecule has 20 nitrogen and oxygen atoms in total. The summed E-state index contributed by atoms with van der Waals surface area (Å²) in [6.45, 7) is 0. The molecule has 1 fully saturated rings. The van der Waals surface area contributed by atoms with Crippen LogP contribution in [-0.2, 0) is 44.5 Å². The Morgan fingerprint density at radius 3 is 1.69 bits per heavy atom. The zero-order valence-corrected chi connectivity index (χ0v) is 45.2. The molecule has 6 rings (SSSR count). The Kier molecular flexibility index (Phi) is 23.3. The minimum Gasteiger partial charge on any atom is -0.744 e. The van der Waals surface area contributed by atoms with Gasteiger partial charge in [-0.2, -0.15) is 19.3 Å². The quantitative estimate of drug-likeness (QED) is 0.0324. The van der Waals surface area contributed by atoms with E-state index in [1.807, 2.05) is 0 Å². The number of aliphatic carboxylic acids is 1. The summed E-state index contributed by atoms with van der Waals surface area (Å²) in [5, 5.41) is 34.5. The Morgan fingerprint density at radius 1 is 0.678 bits per heavy atom. The minimum atomic E-state index is -5.21. The SMILES string of the molecule is O=C([O-])C1CCCC(Nc2nc(Nc3ccc4c(SOO[O-])cc(S(=O)(=O)[O-])cc4c3)nc(Nc3ccc4c(S(=O)(=O)[O-])cc(S(=O)(=O)[O-])cc4c3)n2)C1.[Na+].[Na+].[Na+].[Na+].[Na+]. The van der Waals surface area contributed by atoms with Crippen molar-refractivity contribution < 1.29 is 211 Å². The van der Waals surface area contributed by atoms with Crippen molar-refractivity contribution in [3.05, 3.63) is 60.7 Å². The van der Waals surface area contributed by atoms with Crippen LogP contribution in [0.25, 0.3) is 21.5 Å². The van der Waals surface area contributed by atoms with Crippen LogP contribution in [0.2, 0.25) is 0 Å². The molecule has 0 amide bonds. The van der Waals surface area contributed by atoms with Gasteiger partial charge in [0.1, 0.15) is 30.4 Å². The number of carboxylic acid groups (broad SMARTS) is 1. The fourth-order valence-electron chi connectivity index (χ4n) is 5.92. The van der Waals surface area contributed by atoms with Gasteiger partial charge in [0, 0.05) is 34.2 Å². The van der Waals surface area contributed by atoms with E-state index in [-0.39, 0.29) is 204 Å². The molecule has 1 aliphatic carbocycles. The zero-order valence-electron chi connectivity index (χ0n) is 31.9. The summed E-state index contributed by atoms with van der Waals surface area (Å²) in [6, 6.07) is 11.4. The van der Waals surface area contributed by atoms with E-state index >= 15 is 0 Å². The second kappa shape index (κ2) is 24.0. The van der Waals surface area contributed by atoms with Gasteiger partial charge in [-0.25, -0.2) is 25.3 Å². The third-order valence-electron chi connectivity index (χ3n) is 8.26. The van der Waals surface area contributed by atoms with Gasteiger partial charge >= 0.3 is 148 Å². The fourth-order valence-corrected chi connectivity index (χ4v) is 8.41. The predicted octanol–water partition coefficient (Wildman–Crippen LogP) is -13.7. The zero-order chi connectivity index (χ0) is 39.0. The molecule has 2 unspecified atom stereocenters. The van der Waals surface area contributed by atoms with Crippen molar-refractivity contribution in [2.45, 2.75) is 51.3 Å². The second-order valence-corrected chi connectivity index (χ2v) is 16.7. The summed E-state index contributed by atoms with van der Waals surface area (Å²) >= 11 is 0.378. The molecule has 0 aliphatic heterocycles. The summed E-state index contributed by atoms with van der Waals surface area (Å²) < 4.78 is 111. The number of hydrogen-bond donors (Lipinski definition) is 3. The Hall–Kier alpha value is 0.240. The standard InChI is InChI=1S/C30H28N6O14S4.5Na/c37-27(38)15-2-1-3-18(8-15)31-28-34-29(32-19-4-6-23-16(9-19)11-21(52(40,41)42)13-25(23)51-50-49-39)36-30(35-28)33-20-5-7-24-17(10-20)12-22(53(43,44)45)14-26(24)54(46,47)48;;;;;/h4-7,9-15,18,39H,1-3,8H2,(H,37,38)(H,40,41,42)(H,43,44,45)(H,46,47,48)(H3,31,32,33,34,35,36);;;;;/q;5*+1/p-5. The third kappa shape index (κ3) is 15.2. The summed E-state index contributed by atoms with van der Waals surface area (Å²) in [5.41, 5.74) is 0.405. The maximum atomic E-state index is 11.9. The van der Waals surface area contributed by atoms with Crippen LogP contribution in [0.1, 0.15) is 25.7 Å². The molecule has 59 heavy (non-hydrogen) atoms. The molecule has 0 spiro atoms. The smallest absolute Gasteiger partial charge is 0.744 e. The number of carboxylic acids is 1. The van der Waals surface area contributed by atoms with Gasteiger partial charge in [-0.3, -0.25) is 5.04 Å². The Balaban J connectivity index is 0.00000348. The van der Waals surface area contributed by atoms with Crippen molar-refractivity contribution in [3.8, 4) is 0 Å². The van der Waals surface area contributed by atoms with Gasteiger partial charge in [-0.05, 0) is 89.3 Å². The molecule has 29 heteroatoms. The van der Waals surface area contributed by atoms with E-state index < -0.39 is 63.0 Å². The second-order valence-electron chi connectivity index (χ2n) is 11.9. The van der Waals surface area contributed by atoms with Gasteiger partial charge < -0.3 is 44.8 Å². The molecule has 2 atom stereocenters. The average Bonchev–Trinajstić information content (AvgIpc) is 3.08. The van der Waals surface area contributed by atoms with Crippen molar-refractivity contribution in [2.24, 2.45) is 5.92 Å². The van der Waals surface area contributed by atoms with E-state index in [1.54, 1.807) is 0 Å². The maximum Gasteiger partial charge on any atom is 1.00 e. The normalized spacial score (nSPS) is 15.3. The number of benzene rings is 4. The van der Waals surface area contributed by atoms with Crippen molar-refractivity contribution in [3.63, 3.8) is 0 Å². The number of carbonyl (C=O) groups is 1. The van der Waals surface area contributed by atoms with Crippen LogP contribution in [-0.4, -0.2) is 65.9 Å². The van der Waals surface area contributed by atoms with Crippen LogP contribution < -0.4 is 174 Å². The molecule has 5 aromatic rings. The van der Waals surface area contributed by atoms with Gasteiger partial charge in [-0.1, -0.05) is 18.6 Å². The number of fused-ring (bicyclic) bond motifs is 2. The summed E-state index contributed by atoms with van der Waals surface area (Å²) in [7, 11) is -15.3. The first-order chi connectivity index (χ1) is 25.4. The van der Waals surface area contributed by atoms with Gasteiger partial charge in [0.2, 0.25) is 17.8 Å². The molecule has 4 aromatic carbocycles. The number of hydrogen-bond acceptors (Lipinski definition) is 21. The number of nitrogens with zero attached hydrogens (tertiary/aromatic N) is 3. The molecule has 1 aromatic heterocycles. The van der Waals surface area contributed by atoms with Crippen molar-refractivity contribution in [1.29, 1.82) is 0 Å². The molecule has 0 radical (unpaired) electrons. The molecule has 0 bridgehead atoms. The topological polar surface area (TPSA) is 328 Å². The first-order valence-electron chi connectivity index (χ1n) is 15.3. The average molecular weight is 935 g/mol. The molecule has 286 valence electrons. The number of aromatic nitrogens is 3. The van der Waals surface area contributed by atoms with Crippen LogP contribution in [0.15, 0.2) is 80.2 Å². The van der Waals surface area contributed by atoms with Crippen molar-refractivity contribution in [1.82, 2.24) is 15.0 Å². The molecule has 0 saturated heterocycles. The maximum absolute atomic E-state index is 11.9. The van der Waals surface area contributed by atoms with Gasteiger partial charge in [0.05, 0.1) is 26.7 Å². The molecule has 1 saturated carbocycles. The fraction of sp³-hybridized carbons (Fsp3) is 0.200. The molecular formula is C30H23N6Na5O14S4. The van der Waals surface area contributed by atoms with Crippen LogP contribution in [0, 0.1) is 5.92 Å². The Morgan fingerprint density at radius 2 is 1.19 bits per heavy atom. The van der Waals surface area contributed by atoms with Crippen LogP contribution in [0.3, 0.4) is 0 Å². The first-order valence-corrected chi connectivity index (χ1v) is 20.3. The Labute approximate surface area is 452 Å². The molecule has 1 aliphatic rings. The van der Waals surface area contributed by atoms with E-state index in [2.05, 4.69) is 40.3 Å². The summed E-state index contributed by atoms with van der Waals surface area (Å²) in [4.78, 5) is 22.2. The van der Waals surface area contributed by atoms with Crippen molar-refractivity contribution >= 4 is 99.1 Å². The molecule has 3 N–H and O–H groups in total. The van der Waals surface area contributed by atoms with Crippen LogP contribution >= 0.6 is 12.0 Å². The van der Waals surface area contributed by atoms with Gasteiger partial charge in [0.15, 0.2) is 0 Å². The monoisotopic (exact) mass is 934 g/mol. The van der Waals surface area contributed by atoms with E-state index in [4.69, 9.17) is 0 Å². The third-order valence-corrected chi connectivity index (χ3v) is 11.4. The number of anilines is 5. The predicted molar refractivity (Wildman–Crippen MR) is 181 cm³/mol. The van der Waals surface area contributed by atoms with Gasteiger partial charge in [-0.15, -0.1) is 0 Å². The largest absolute Gasteiger partial charge is 1.00 e. The van der Waals surface area contributed by atoms with Gasteiger partial charge in [0.25, 0.3) is 0 Å². The molecular weight excluding hydrogens is 912 g/mol.